The molecular formula is C19H30ClN3O2. The molecule has 1 fully saturated rings. The van der Waals surface area contributed by atoms with Gasteiger partial charge in [0.25, 0.3) is 0 Å². The summed E-state index contributed by atoms with van der Waals surface area (Å²) in [6, 6.07) is 7.31. The van der Waals surface area contributed by atoms with Crippen molar-refractivity contribution in [3.05, 3.63) is 24.3 Å². The van der Waals surface area contributed by atoms with Crippen LogP contribution < -0.4 is 16.0 Å². The molecule has 2 rings (SSSR count). The van der Waals surface area contributed by atoms with Crippen LogP contribution in [0.25, 0.3) is 0 Å². The van der Waals surface area contributed by atoms with Crippen molar-refractivity contribution in [3.63, 3.8) is 0 Å². The van der Waals surface area contributed by atoms with Crippen LogP contribution in [0.15, 0.2) is 24.3 Å². The molecule has 0 aliphatic carbocycles. The highest BCUT2D eigenvalue weighted by molar-refractivity contribution is 5.94. The Morgan fingerprint density at radius 1 is 1.12 bits per heavy atom. The van der Waals surface area contributed by atoms with Gasteiger partial charge in [-0.2, -0.15) is 0 Å². The van der Waals surface area contributed by atoms with Gasteiger partial charge in [0.15, 0.2) is 0 Å². The lowest BCUT2D eigenvalue weighted by molar-refractivity contribution is -0.119. The summed E-state index contributed by atoms with van der Waals surface area (Å²) in [5.74, 6) is 0.935. The SMILES string of the molecule is CC(C)C(=O)Nc1cccc(NC(=O)CC(C)C2CCNCC2)c1.Cl. The van der Waals surface area contributed by atoms with E-state index in [0.29, 0.717) is 23.9 Å². The van der Waals surface area contributed by atoms with Gasteiger partial charge < -0.3 is 16.0 Å². The van der Waals surface area contributed by atoms with Gasteiger partial charge in [0.2, 0.25) is 11.8 Å². The van der Waals surface area contributed by atoms with E-state index < -0.39 is 0 Å². The molecule has 0 saturated carbocycles. The molecule has 1 atom stereocenters. The largest absolute Gasteiger partial charge is 0.326 e. The maximum atomic E-state index is 12.3. The maximum Gasteiger partial charge on any atom is 0.226 e. The lowest BCUT2D eigenvalue weighted by Crippen LogP contribution is -2.32. The molecule has 6 heteroatoms. The summed E-state index contributed by atoms with van der Waals surface area (Å²) < 4.78 is 0. The zero-order valence-electron chi connectivity index (χ0n) is 15.3. The Kier molecular flexibility index (Phi) is 8.93. The number of carbonyl (C=O) groups excluding carboxylic acids is 2. The summed E-state index contributed by atoms with van der Waals surface area (Å²) in [6.07, 6.45) is 2.82. The molecule has 1 aliphatic rings. The van der Waals surface area contributed by atoms with Gasteiger partial charge in [0.1, 0.15) is 0 Å². The first-order chi connectivity index (χ1) is 11.5. The third kappa shape index (κ3) is 7.04. The van der Waals surface area contributed by atoms with Gasteiger partial charge in [-0.25, -0.2) is 0 Å². The Bertz CT molecular complexity index is 572. The zero-order chi connectivity index (χ0) is 17.5. The highest BCUT2D eigenvalue weighted by Crippen LogP contribution is 2.25. The fourth-order valence-corrected chi connectivity index (χ4v) is 3.05. The van der Waals surface area contributed by atoms with Gasteiger partial charge in [-0.05, 0) is 56.0 Å². The van der Waals surface area contributed by atoms with Crippen molar-refractivity contribution >= 4 is 35.6 Å². The number of hydrogen-bond donors (Lipinski definition) is 3. The number of hydrogen-bond acceptors (Lipinski definition) is 3. The van der Waals surface area contributed by atoms with E-state index in [1.54, 1.807) is 6.07 Å². The Morgan fingerprint density at radius 3 is 2.32 bits per heavy atom. The minimum atomic E-state index is -0.0749. The van der Waals surface area contributed by atoms with Crippen molar-refractivity contribution < 1.29 is 9.59 Å². The van der Waals surface area contributed by atoms with Crippen LogP contribution in [-0.4, -0.2) is 24.9 Å². The Labute approximate surface area is 156 Å². The molecule has 1 heterocycles. The van der Waals surface area contributed by atoms with E-state index in [2.05, 4.69) is 22.9 Å². The summed E-state index contributed by atoms with van der Waals surface area (Å²) in [5.41, 5.74) is 1.43. The normalized spacial score (nSPS) is 16.0. The zero-order valence-corrected chi connectivity index (χ0v) is 16.1. The minimum Gasteiger partial charge on any atom is -0.326 e. The van der Waals surface area contributed by atoms with Crippen LogP contribution in [0.3, 0.4) is 0 Å². The van der Waals surface area contributed by atoms with Crippen LogP contribution in [0.4, 0.5) is 11.4 Å². The highest BCUT2D eigenvalue weighted by atomic mass is 35.5. The molecule has 0 spiro atoms. The number of halogens is 1. The van der Waals surface area contributed by atoms with E-state index in [-0.39, 0.29) is 30.1 Å². The van der Waals surface area contributed by atoms with Crippen molar-refractivity contribution in [1.29, 1.82) is 0 Å². The Balaban J connectivity index is 0.00000312. The predicted octanol–water partition coefficient (Wildman–Crippen LogP) is 3.67. The highest BCUT2D eigenvalue weighted by Gasteiger charge is 2.22. The van der Waals surface area contributed by atoms with Crippen LogP contribution in [0.2, 0.25) is 0 Å². The van der Waals surface area contributed by atoms with E-state index in [1.807, 2.05) is 32.0 Å². The van der Waals surface area contributed by atoms with Crippen LogP contribution in [0.1, 0.15) is 40.0 Å². The van der Waals surface area contributed by atoms with E-state index in [4.69, 9.17) is 0 Å². The molecule has 0 radical (unpaired) electrons. The van der Waals surface area contributed by atoms with Crippen molar-refractivity contribution in [2.45, 2.75) is 40.0 Å². The molecule has 1 aromatic rings. The lowest BCUT2D eigenvalue weighted by atomic mass is 9.84. The quantitative estimate of drug-likeness (QED) is 0.718. The fourth-order valence-electron chi connectivity index (χ4n) is 3.05. The molecular weight excluding hydrogens is 338 g/mol. The average molecular weight is 368 g/mol. The first kappa shape index (κ1) is 21.5. The van der Waals surface area contributed by atoms with E-state index in [9.17, 15) is 9.59 Å². The van der Waals surface area contributed by atoms with Gasteiger partial charge in [-0.3, -0.25) is 9.59 Å². The average Bonchev–Trinajstić information content (AvgIpc) is 2.55. The van der Waals surface area contributed by atoms with Crippen molar-refractivity contribution in [2.24, 2.45) is 17.8 Å². The van der Waals surface area contributed by atoms with E-state index in [1.165, 1.54) is 0 Å². The number of benzene rings is 1. The fraction of sp³-hybridized carbons (Fsp3) is 0.579. The Morgan fingerprint density at radius 2 is 1.72 bits per heavy atom. The second kappa shape index (κ2) is 10.4. The maximum absolute atomic E-state index is 12.3. The second-order valence-corrected chi connectivity index (χ2v) is 7.04. The Hall–Kier alpha value is -1.59. The van der Waals surface area contributed by atoms with Gasteiger partial charge in [-0.15, -0.1) is 12.4 Å². The third-order valence-electron chi connectivity index (χ3n) is 4.63. The molecule has 140 valence electrons. The van der Waals surface area contributed by atoms with Gasteiger partial charge in [0, 0.05) is 23.7 Å². The topological polar surface area (TPSA) is 70.2 Å². The molecule has 1 saturated heterocycles. The smallest absolute Gasteiger partial charge is 0.226 e. The molecule has 3 N–H and O–H groups in total. The van der Waals surface area contributed by atoms with Gasteiger partial charge in [-0.1, -0.05) is 26.8 Å². The lowest BCUT2D eigenvalue weighted by Gasteiger charge is -2.27. The number of nitrogens with one attached hydrogen (secondary N) is 3. The van der Waals surface area contributed by atoms with Crippen LogP contribution in [0, 0.1) is 17.8 Å². The molecule has 2 amide bonds. The number of anilines is 2. The van der Waals surface area contributed by atoms with Crippen LogP contribution >= 0.6 is 12.4 Å². The molecule has 5 nitrogen and oxygen atoms in total. The third-order valence-corrected chi connectivity index (χ3v) is 4.63. The summed E-state index contributed by atoms with van der Waals surface area (Å²) >= 11 is 0. The molecule has 1 aliphatic heterocycles. The second-order valence-electron chi connectivity index (χ2n) is 7.04. The molecule has 0 bridgehead atoms. The minimum absolute atomic E-state index is 0. The monoisotopic (exact) mass is 367 g/mol. The van der Waals surface area contributed by atoms with E-state index in [0.717, 1.165) is 31.6 Å². The number of carbonyl (C=O) groups is 2. The van der Waals surface area contributed by atoms with Gasteiger partial charge in [0.05, 0.1) is 0 Å². The molecule has 1 aromatic carbocycles. The van der Waals surface area contributed by atoms with Crippen LogP contribution in [-0.2, 0) is 9.59 Å². The standard InChI is InChI=1S/C19H29N3O2.ClH/c1-13(2)19(24)22-17-6-4-5-16(12-17)21-18(23)11-14(3)15-7-9-20-10-8-15;/h4-6,12-15,20H,7-11H2,1-3H3,(H,21,23)(H,22,24);1H. The van der Waals surface area contributed by atoms with Crippen molar-refractivity contribution in [3.8, 4) is 0 Å². The summed E-state index contributed by atoms with van der Waals surface area (Å²) in [4.78, 5) is 24.1. The van der Waals surface area contributed by atoms with Crippen LogP contribution in [0.5, 0.6) is 0 Å². The van der Waals surface area contributed by atoms with Crippen molar-refractivity contribution in [1.82, 2.24) is 5.32 Å². The summed E-state index contributed by atoms with van der Waals surface area (Å²) in [5, 5.41) is 9.16. The number of piperidine rings is 1. The summed E-state index contributed by atoms with van der Waals surface area (Å²) in [6.45, 7) is 7.96. The molecule has 0 aromatic heterocycles. The van der Waals surface area contributed by atoms with E-state index >= 15 is 0 Å². The van der Waals surface area contributed by atoms with Crippen molar-refractivity contribution in [2.75, 3.05) is 23.7 Å². The first-order valence-corrected chi connectivity index (χ1v) is 8.87. The van der Waals surface area contributed by atoms with Gasteiger partial charge >= 0.3 is 0 Å². The molecule has 1 unspecified atom stereocenters. The molecule has 25 heavy (non-hydrogen) atoms. The first-order valence-electron chi connectivity index (χ1n) is 8.87. The predicted molar refractivity (Wildman–Crippen MR) is 105 cm³/mol. The number of amides is 2. The number of rotatable bonds is 6. The summed E-state index contributed by atoms with van der Waals surface area (Å²) in [7, 11) is 0.